The van der Waals surface area contributed by atoms with E-state index in [2.05, 4.69) is 30.5 Å². The van der Waals surface area contributed by atoms with Crippen molar-refractivity contribution in [3.8, 4) is 0 Å². The van der Waals surface area contributed by atoms with Crippen molar-refractivity contribution in [3.05, 3.63) is 48.0 Å². The van der Waals surface area contributed by atoms with Crippen molar-refractivity contribution >= 4 is 5.97 Å². The third kappa shape index (κ3) is 4.09. The summed E-state index contributed by atoms with van der Waals surface area (Å²) in [5.74, 6) is 0.847. The molecule has 0 unspecified atom stereocenters. The summed E-state index contributed by atoms with van der Waals surface area (Å²) in [6.45, 7) is 9.26. The largest absolute Gasteiger partial charge is 0.462 e. The highest BCUT2D eigenvalue weighted by Crippen LogP contribution is 2.57. The van der Waals surface area contributed by atoms with Gasteiger partial charge < -0.3 is 14.7 Å². The van der Waals surface area contributed by atoms with Crippen molar-refractivity contribution < 1.29 is 14.6 Å². The van der Waals surface area contributed by atoms with E-state index < -0.39 is 5.60 Å². The van der Waals surface area contributed by atoms with Crippen LogP contribution in [0.15, 0.2) is 42.5 Å². The third-order valence-corrected chi connectivity index (χ3v) is 8.94. The van der Waals surface area contributed by atoms with Crippen LogP contribution in [-0.4, -0.2) is 47.3 Å². The maximum atomic E-state index is 12.9. The molecule has 2 heterocycles. The summed E-state index contributed by atoms with van der Waals surface area (Å²) in [4.78, 5) is 15.2. The first kappa shape index (κ1) is 21.2. The summed E-state index contributed by atoms with van der Waals surface area (Å²) < 4.78 is 5.94. The second-order valence-corrected chi connectivity index (χ2v) is 11.1. The van der Waals surface area contributed by atoms with Gasteiger partial charge in [0.15, 0.2) is 0 Å². The van der Waals surface area contributed by atoms with Gasteiger partial charge in [-0.3, -0.25) is 4.79 Å². The van der Waals surface area contributed by atoms with Crippen LogP contribution in [0.1, 0.15) is 57.4 Å². The van der Waals surface area contributed by atoms with Gasteiger partial charge in [-0.15, -0.1) is 0 Å². The van der Waals surface area contributed by atoms with E-state index in [0.717, 1.165) is 51.7 Å². The fraction of sp³-hybridized carbons (Fsp3) is 0.667. The number of ether oxygens (including phenoxy) is 1. The number of hydrogen-bond acceptors (Lipinski definition) is 4. The minimum absolute atomic E-state index is 0.00739. The normalized spacial score (nSPS) is 37.7. The number of hydrogen-bond donors (Lipinski definition) is 1. The summed E-state index contributed by atoms with van der Waals surface area (Å²) in [5.41, 5.74) is 2.21. The standard InChI is InChI=1S/C27H37NO3/c1-19-7-6-10-26(2)17-24-21(15-23(19)26)22(25(29)31-24)18-28-13-11-27(30,12-14-28)16-20-8-4-3-5-9-20/h3-5,8-9,21-24,30H,1,6-7,10-18H2,2H3/t21-,22+,23-,24+,26+/m0/s1. The molecule has 168 valence electrons. The van der Waals surface area contributed by atoms with E-state index in [9.17, 15) is 9.90 Å². The lowest BCUT2D eigenvalue weighted by atomic mass is 9.55. The molecule has 2 aliphatic heterocycles. The molecule has 2 saturated heterocycles. The lowest BCUT2D eigenvalue weighted by Gasteiger charge is -2.50. The minimum Gasteiger partial charge on any atom is -0.462 e. The molecule has 1 aromatic carbocycles. The van der Waals surface area contributed by atoms with E-state index in [1.165, 1.54) is 24.0 Å². The molecule has 0 spiro atoms. The lowest BCUT2D eigenvalue weighted by molar-refractivity contribution is -0.146. The molecule has 1 N–H and O–H groups in total. The molecule has 2 aliphatic carbocycles. The molecule has 4 heteroatoms. The predicted molar refractivity (Wildman–Crippen MR) is 121 cm³/mol. The van der Waals surface area contributed by atoms with Crippen molar-refractivity contribution in [1.82, 2.24) is 4.90 Å². The van der Waals surface area contributed by atoms with E-state index in [1.807, 2.05) is 18.2 Å². The zero-order valence-corrected chi connectivity index (χ0v) is 18.9. The Morgan fingerprint density at radius 3 is 2.68 bits per heavy atom. The minimum atomic E-state index is -0.636. The number of allylic oxidation sites excluding steroid dienone is 1. The molecule has 2 saturated carbocycles. The number of esters is 1. The van der Waals surface area contributed by atoms with Crippen LogP contribution in [0.4, 0.5) is 0 Å². The van der Waals surface area contributed by atoms with Gasteiger partial charge in [-0.2, -0.15) is 0 Å². The topological polar surface area (TPSA) is 49.8 Å². The lowest BCUT2D eigenvalue weighted by Crippen LogP contribution is -2.49. The highest BCUT2D eigenvalue weighted by atomic mass is 16.6. The molecule has 0 radical (unpaired) electrons. The van der Waals surface area contributed by atoms with Crippen molar-refractivity contribution in [2.45, 2.75) is 70.0 Å². The monoisotopic (exact) mass is 423 g/mol. The quantitative estimate of drug-likeness (QED) is 0.577. The Morgan fingerprint density at radius 2 is 1.94 bits per heavy atom. The van der Waals surface area contributed by atoms with Crippen LogP contribution < -0.4 is 0 Å². The van der Waals surface area contributed by atoms with Crippen molar-refractivity contribution in [2.24, 2.45) is 23.2 Å². The van der Waals surface area contributed by atoms with E-state index in [0.29, 0.717) is 18.3 Å². The van der Waals surface area contributed by atoms with Gasteiger partial charge in [0.25, 0.3) is 0 Å². The molecule has 0 bridgehead atoms. The average molecular weight is 424 g/mol. The van der Waals surface area contributed by atoms with Crippen LogP contribution in [0, 0.1) is 23.2 Å². The number of rotatable bonds is 4. The maximum Gasteiger partial charge on any atom is 0.310 e. The van der Waals surface area contributed by atoms with Gasteiger partial charge in [-0.05, 0) is 61.8 Å². The predicted octanol–water partition coefficient (Wildman–Crippen LogP) is 4.37. The van der Waals surface area contributed by atoms with Gasteiger partial charge in [-0.25, -0.2) is 0 Å². The van der Waals surface area contributed by atoms with Crippen LogP contribution in [0.25, 0.3) is 0 Å². The number of nitrogens with zero attached hydrogens (tertiary/aromatic N) is 1. The van der Waals surface area contributed by atoms with Crippen LogP contribution in [0.3, 0.4) is 0 Å². The molecule has 5 rings (SSSR count). The number of piperidine rings is 1. The highest BCUT2D eigenvalue weighted by Gasteiger charge is 2.55. The number of benzene rings is 1. The smallest absolute Gasteiger partial charge is 0.310 e. The Bertz CT molecular complexity index is 828. The van der Waals surface area contributed by atoms with Gasteiger partial charge in [0, 0.05) is 32.0 Å². The first-order valence-electron chi connectivity index (χ1n) is 12.2. The zero-order chi connectivity index (χ0) is 21.6. The SMILES string of the molecule is C=C1CCC[C@]2(C)C[C@H]3OC(=O)[C@H](CN4CCC(O)(Cc5ccccc5)CC4)[C@@H]3C[C@@H]12. The number of carbonyl (C=O) groups is 1. The molecule has 0 aromatic heterocycles. The Morgan fingerprint density at radius 1 is 1.19 bits per heavy atom. The molecular weight excluding hydrogens is 386 g/mol. The molecule has 5 atom stereocenters. The first-order chi connectivity index (χ1) is 14.9. The average Bonchev–Trinajstić information content (AvgIpc) is 3.02. The molecular formula is C27H37NO3. The van der Waals surface area contributed by atoms with Crippen LogP contribution in [-0.2, 0) is 16.0 Å². The Balaban J connectivity index is 1.21. The van der Waals surface area contributed by atoms with Crippen molar-refractivity contribution in [1.29, 1.82) is 0 Å². The number of likely N-dealkylation sites (tertiary alicyclic amines) is 1. The highest BCUT2D eigenvalue weighted by molar-refractivity contribution is 5.75. The number of aliphatic hydroxyl groups is 1. The van der Waals surface area contributed by atoms with Gasteiger partial charge >= 0.3 is 5.97 Å². The molecule has 1 aromatic rings. The summed E-state index contributed by atoms with van der Waals surface area (Å²) in [7, 11) is 0. The summed E-state index contributed by atoms with van der Waals surface area (Å²) >= 11 is 0. The van der Waals surface area contributed by atoms with E-state index >= 15 is 0 Å². The Labute approximate surface area is 186 Å². The number of carbonyl (C=O) groups excluding carboxylic acids is 1. The molecule has 4 aliphatic rings. The number of fused-ring (bicyclic) bond motifs is 2. The Kier molecular flexibility index (Phi) is 5.50. The zero-order valence-electron chi connectivity index (χ0n) is 18.9. The van der Waals surface area contributed by atoms with Gasteiger partial charge in [0.05, 0.1) is 11.5 Å². The van der Waals surface area contributed by atoms with E-state index in [4.69, 9.17) is 4.74 Å². The molecule has 4 fully saturated rings. The Hall–Kier alpha value is -1.65. The van der Waals surface area contributed by atoms with Crippen molar-refractivity contribution in [2.75, 3.05) is 19.6 Å². The van der Waals surface area contributed by atoms with Crippen LogP contribution in [0.2, 0.25) is 0 Å². The second kappa shape index (κ2) is 8.04. The fourth-order valence-electron chi connectivity index (χ4n) is 7.05. The van der Waals surface area contributed by atoms with Gasteiger partial charge in [0.1, 0.15) is 6.10 Å². The van der Waals surface area contributed by atoms with Gasteiger partial charge in [-0.1, -0.05) is 49.4 Å². The molecule has 0 amide bonds. The first-order valence-corrected chi connectivity index (χ1v) is 12.2. The van der Waals surface area contributed by atoms with E-state index in [-0.39, 0.29) is 23.4 Å². The maximum absolute atomic E-state index is 12.9. The van der Waals surface area contributed by atoms with E-state index in [1.54, 1.807) is 0 Å². The summed E-state index contributed by atoms with van der Waals surface area (Å²) in [6.07, 6.45) is 7.97. The summed E-state index contributed by atoms with van der Waals surface area (Å²) in [5, 5.41) is 11.1. The molecule has 4 nitrogen and oxygen atoms in total. The third-order valence-electron chi connectivity index (χ3n) is 8.94. The van der Waals surface area contributed by atoms with Crippen LogP contribution >= 0.6 is 0 Å². The van der Waals surface area contributed by atoms with Crippen molar-refractivity contribution in [3.63, 3.8) is 0 Å². The van der Waals surface area contributed by atoms with Crippen LogP contribution in [0.5, 0.6) is 0 Å². The summed E-state index contributed by atoms with van der Waals surface area (Å²) in [6, 6.07) is 10.3. The van der Waals surface area contributed by atoms with Gasteiger partial charge in [0.2, 0.25) is 0 Å². The molecule has 31 heavy (non-hydrogen) atoms. The second-order valence-electron chi connectivity index (χ2n) is 11.1. The fourth-order valence-corrected chi connectivity index (χ4v) is 7.05.